The fourth-order valence-corrected chi connectivity index (χ4v) is 3.05. The average Bonchev–Trinajstić information content (AvgIpc) is 2.29. The number of hydrogen-bond donors (Lipinski definition) is 2. The molecule has 0 aromatic rings. The molecule has 3 N–H and O–H groups in total. The van der Waals surface area contributed by atoms with E-state index in [0.29, 0.717) is 17.4 Å². The van der Waals surface area contributed by atoms with E-state index in [1.54, 1.807) is 0 Å². The molecule has 0 spiro atoms. The minimum Gasteiger partial charge on any atom is -0.370 e. The van der Waals surface area contributed by atoms with Crippen molar-refractivity contribution in [2.45, 2.75) is 70.8 Å². The molecule has 0 atom stereocenters. The summed E-state index contributed by atoms with van der Waals surface area (Å²) in [6, 6.07) is 0.575. The summed E-state index contributed by atoms with van der Waals surface area (Å²) >= 11 is 0. The molecular formula is C14H27N3. The van der Waals surface area contributed by atoms with Gasteiger partial charge in [0.1, 0.15) is 0 Å². The molecule has 0 radical (unpaired) electrons. The molecule has 0 aromatic carbocycles. The van der Waals surface area contributed by atoms with Gasteiger partial charge in [0.05, 0.1) is 0 Å². The van der Waals surface area contributed by atoms with Crippen LogP contribution < -0.4 is 11.1 Å². The first kappa shape index (κ1) is 12.7. The monoisotopic (exact) mass is 237 g/mol. The van der Waals surface area contributed by atoms with Crippen molar-refractivity contribution < 1.29 is 0 Å². The summed E-state index contributed by atoms with van der Waals surface area (Å²) in [6.45, 7) is 3.20. The molecule has 2 aliphatic carbocycles. The Labute approximate surface area is 105 Å². The van der Waals surface area contributed by atoms with Crippen LogP contribution in [-0.4, -0.2) is 18.5 Å². The maximum Gasteiger partial charge on any atom is 0.188 e. The van der Waals surface area contributed by atoms with Gasteiger partial charge in [-0.15, -0.1) is 0 Å². The zero-order chi connectivity index (χ0) is 12.1. The van der Waals surface area contributed by atoms with Crippen molar-refractivity contribution in [1.29, 1.82) is 0 Å². The Morgan fingerprint density at radius 3 is 2.47 bits per heavy atom. The second kappa shape index (κ2) is 5.74. The van der Waals surface area contributed by atoms with E-state index in [-0.39, 0.29) is 0 Å². The van der Waals surface area contributed by atoms with Crippen LogP contribution >= 0.6 is 0 Å². The zero-order valence-corrected chi connectivity index (χ0v) is 11.2. The Hall–Kier alpha value is -0.730. The molecule has 2 rings (SSSR count). The Balaban J connectivity index is 1.76. The lowest BCUT2D eigenvalue weighted by Gasteiger charge is -2.40. The van der Waals surface area contributed by atoms with Crippen molar-refractivity contribution in [2.24, 2.45) is 16.1 Å². The molecule has 2 saturated carbocycles. The number of rotatable bonds is 4. The van der Waals surface area contributed by atoms with Crippen LogP contribution in [-0.2, 0) is 0 Å². The van der Waals surface area contributed by atoms with Crippen LogP contribution in [0.2, 0.25) is 0 Å². The van der Waals surface area contributed by atoms with Crippen molar-refractivity contribution in [3.8, 4) is 0 Å². The average molecular weight is 237 g/mol. The third-order valence-corrected chi connectivity index (χ3v) is 4.71. The molecule has 98 valence electrons. The van der Waals surface area contributed by atoms with E-state index in [1.165, 1.54) is 57.8 Å². The highest BCUT2D eigenvalue weighted by molar-refractivity contribution is 5.78. The Bertz CT molecular complexity index is 257. The predicted octanol–water partition coefficient (Wildman–Crippen LogP) is 2.80. The molecule has 0 bridgehead atoms. The molecule has 17 heavy (non-hydrogen) atoms. The van der Waals surface area contributed by atoms with E-state index in [0.717, 1.165) is 6.54 Å². The normalized spacial score (nSPS) is 25.4. The molecule has 3 nitrogen and oxygen atoms in total. The Morgan fingerprint density at radius 1 is 1.24 bits per heavy atom. The maximum absolute atomic E-state index is 5.98. The predicted molar refractivity (Wildman–Crippen MR) is 73.1 cm³/mol. The van der Waals surface area contributed by atoms with Crippen molar-refractivity contribution in [3.63, 3.8) is 0 Å². The molecule has 0 aliphatic heterocycles. The SMILES string of the molecule is CCC1(CN=C(N)NC2CCCCC2)CCC1. The van der Waals surface area contributed by atoms with Crippen molar-refractivity contribution in [2.75, 3.05) is 6.54 Å². The Kier molecular flexibility index (Phi) is 4.30. The van der Waals surface area contributed by atoms with E-state index >= 15 is 0 Å². The van der Waals surface area contributed by atoms with Gasteiger partial charge in [-0.1, -0.05) is 32.6 Å². The van der Waals surface area contributed by atoms with E-state index in [1.807, 2.05) is 0 Å². The van der Waals surface area contributed by atoms with Crippen LogP contribution in [0.25, 0.3) is 0 Å². The molecule has 0 amide bonds. The van der Waals surface area contributed by atoms with Crippen molar-refractivity contribution in [3.05, 3.63) is 0 Å². The van der Waals surface area contributed by atoms with Gasteiger partial charge >= 0.3 is 0 Å². The minimum atomic E-state index is 0.485. The molecule has 0 unspecified atom stereocenters. The van der Waals surface area contributed by atoms with Crippen molar-refractivity contribution in [1.82, 2.24) is 5.32 Å². The summed E-state index contributed by atoms with van der Waals surface area (Å²) < 4.78 is 0. The third kappa shape index (κ3) is 3.36. The fourth-order valence-electron chi connectivity index (χ4n) is 3.05. The molecular weight excluding hydrogens is 210 g/mol. The van der Waals surface area contributed by atoms with Crippen LogP contribution in [0.1, 0.15) is 64.7 Å². The van der Waals surface area contributed by atoms with Gasteiger partial charge in [0.25, 0.3) is 0 Å². The summed E-state index contributed by atoms with van der Waals surface area (Å²) in [7, 11) is 0. The number of guanidine groups is 1. The molecule has 2 aliphatic rings. The van der Waals surface area contributed by atoms with Gasteiger partial charge in [0.2, 0.25) is 0 Å². The van der Waals surface area contributed by atoms with Gasteiger partial charge < -0.3 is 11.1 Å². The molecule has 0 aromatic heterocycles. The van der Waals surface area contributed by atoms with E-state index in [9.17, 15) is 0 Å². The van der Waals surface area contributed by atoms with Crippen molar-refractivity contribution >= 4 is 5.96 Å². The quantitative estimate of drug-likeness (QED) is 0.583. The highest BCUT2D eigenvalue weighted by Crippen LogP contribution is 2.43. The summed E-state index contributed by atoms with van der Waals surface area (Å²) in [4.78, 5) is 4.57. The summed E-state index contributed by atoms with van der Waals surface area (Å²) in [5, 5.41) is 3.39. The Morgan fingerprint density at radius 2 is 1.94 bits per heavy atom. The van der Waals surface area contributed by atoms with Crippen LogP contribution in [0.3, 0.4) is 0 Å². The van der Waals surface area contributed by atoms with E-state index in [2.05, 4.69) is 17.2 Å². The second-order valence-electron chi connectivity index (χ2n) is 5.89. The lowest BCUT2D eigenvalue weighted by molar-refractivity contribution is 0.139. The topological polar surface area (TPSA) is 50.4 Å². The highest BCUT2D eigenvalue weighted by atomic mass is 15.1. The summed E-state index contributed by atoms with van der Waals surface area (Å²) in [5.41, 5.74) is 6.47. The largest absolute Gasteiger partial charge is 0.370 e. The first-order chi connectivity index (χ1) is 8.24. The van der Waals surface area contributed by atoms with Gasteiger partial charge in [-0.05, 0) is 37.5 Å². The number of nitrogens with one attached hydrogen (secondary N) is 1. The molecule has 3 heteroatoms. The van der Waals surface area contributed by atoms with E-state index < -0.39 is 0 Å². The smallest absolute Gasteiger partial charge is 0.188 e. The van der Waals surface area contributed by atoms with Gasteiger partial charge in [0.15, 0.2) is 5.96 Å². The van der Waals surface area contributed by atoms with Crippen LogP contribution in [0.15, 0.2) is 4.99 Å². The minimum absolute atomic E-state index is 0.485. The van der Waals surface area contributed by atoms with Gasteiger partial charge in [-0.3, -0.25) is 4.99 Å². The molecule has 2 fully saturated rings. The zero-order valence-electron chi connectivity index (χ0n) is 11.2. The van der Waals surface area contributed by atoms with Gasteiger partial charge in [0, 0.05) is 12.6 Å². The van der Waals surface area contributed by atoms with Crippen LogP contribution in [0, 0.1) is 5.41 Å². The van der Waals surface area contributed by atoms with E-state index in [4.69, 9.17) is 5.73 Å². The number of nitrogens with two attached hydrogens (primary N) is 1. The first-order valence-corrected chi connectivity index (χ1v) is 7.31. The fraction of sp³-hybridized carbons (Fsp3) is 0.929. The molecule has 0 heterocycles. The summed E-state index contributed by atoms with van der Waals surface area (Å²) in [5.74, 6) is 0.677. The highest BCUT2D eigenvalue weighted by Gasteiger charge is 2.34. The van der Waals surface area contributed by atoms with Gasteiger partial charge in [-0.2, -0.15) is 0 Å². The third-order valence-electron chi connectivity index (χ3n) is 4.71. The number of aliphatic imine (C=N–C) groups is 1. The molecule has 0 saturated heterocycles. The first-order valence-electron chi connectivity index (χ1n) is 7.31. The van der Waals surface area contributed by atoms with Gasteiger partial charge in [-0.25, -0.2) is 0 Å². The standard InChI is InChI=1S/C14H27N3/c1-2-14(9-6-10-14)11-16-13(15)17-12-7-4-3-5-8-12/h12H,2-11H2,1H3,(H3,15,16,17). The number of nitrogens with zero attached hydrogens (tertiary/aromatic N) is 1. The maximum atomic E-state index is 5.98. The van der Waals surface area contributed by atoms with Crippen LogP contribution in [0.5, 0.6) is 0 Å². The summed E-state index contributed by atoms with van der Waals surface area (Å²) in [6.07, 6.45) is 11.9. The lowest BCUT2D eigenvalue weighted by Crippen LogP contribution is -2.42. The second-order valence-corrected chi connectivity index (χ2v) is 5.89. The lowest BCUT2D eigenvalue weighted by atomic mass is 9.67. The number of hydrogen-bond acceptors (Lipinski definition) is 1. The van der Waals surface area contributed by atoms with Crippen LogP contribution in [0.4, 0.5) is 0 Å².